The van der Waals surface area contributed by atoms with Gasteiger partial charge in [0.15, 0.2) is 0 Å². The third kappa shape index (κ3) is 5.63. The molecule has 166 valence electrons. The summed E-state index contributed by atoms with van der Waals surface area (Å²) in [4.78, 5) is 15.1. The number of ether oxygens (including phenoxy) is 1. The van der Waals surface area contributed by atoms with E-state index in [2.05, 4.69) is 18.3 Å². The van der Waals surface area contributed by atoms with Crippen molar-refractivity contribution < 1.29 is 24.9 Å². The molecule has 2 aliphatic heterocycles. The first-order valence-corrected chi connectivity index (χ1v) is 11.6. The Morgan fingerprint density at radius 2 is 2.03 bits per heavy atom. The lowest BCUT2D eigenvalue weighted by molar-refractivity contribution is -0.208. The molecule has 2 fully saturated rings. The van der Waals surface area contributed by atoms with Crippen LogP contribution in [0.1, 0.15) is 39.5 Å². The van der Waals surface area contributed by atoms with Gasteiger partial charge in [-0.25, -0.2) is 0 Å². The first-order chi connectivity index (χ1) is 13.7. The van der Waals surface area contributed by atoms with Crippen molar-refractivity contribution in [1.29, 1.82) is 5.26 Å². The normalized spacial score (nSPS) is 37.7. The standard InChI is InChI=1S/C20H35N3O5S/c1-5-6-12-9-13(23(3)10-12)19(27)22-14(11(2)7-8-21)18-16(25)15(24)17(26)20(28-18)29-4/h11-18,20,24-26H,5-7,9-10H2,1-4H3,(H,22,27). The molecule has 0 radical (unpaired) electrons. The fourth-order valence-corrected chi connectivity index (χ4v) is 5.15. The molecule has 2 aliphatic rings. The van der Waals surface area contributed by atoms with Crippen molar-refractivity contribution in [2.75, 3.05) is 19.8 Å². The summed E-state index contributed by atoms with van der Waals surface area (Å²) in [6.45, 7) is 4.82. The van der Waals surface area contributed by atoms with E-state index in [9.17, 15) is 20.1 Å². The highest BCUT2D eigenvalue weighted by atomic mass is 32.2. The van der Waals surface area contributed by atoms with E-state index in [0.29, 0.717) is 5.92 Å². The molecule has 4 N–H and O–H groups in total. The van der Waals surface area contributed by atoms with Gasteiger partial charge in [0.05, 0.1) is 18.2 Å². The first kappa shape index (κ1) is 24.4. The molecule has 2 rings (SSSR count). The van der Waals surface area contributed by atoms with Crippen LogP contribution in [0.2, 0.25) is 0 Å². The maximum atomic E-state index is 13.1. The number of nitrogens with zero attached hydrogens (tertiary/aromatic N) is 2. The molecule has 0 saturated carbocycles. The molecule has 9 unspecified atom stereocenters. The van der Waals surface area contributed by atoms with Crippen molar-refractivity contribution in [1.82, 2.24) is 10.2 Å². The van der Waals surface area contributed by atoms with Crippen molar-refractivity contribution >= 4 is 17.7 Å². The van der Waals surface area contributed by atoms with E-state index in [0.717, 1.165) is 25.8 Å². The van der Waals surface area contributed by atoms with Gasteiger partial charge in [0.1, 0.15) is 29.9 Å². The van der Waals surface area contributed by atoms with Crippen LogP contribution in [0.4, 0.5) is 0 Å². The van der Waals surface area contributed by atoms with Gasteiger partial charge in [0.2, 0.25) is 5.91 Å². The molecular weight excluding hydrogens is 394 g/mol. The highest BCUT2D eigenvalue weighted by Gasteiger charge is 2.48. The molecule has 0 aliphatic carbocycles. The minimum Gasteiger partial charge on any atom is -0.388 e. The fourth-order valence-electron chi connectivity index (χ4n) is 4.47. The summed E-state index contributed by atoms with van der Waals surface area (Å²) < 4.78 is 5.88. The van der Waals surface area contributed by atoms with Gasteiger partial charge in [-0.1, -0.05) is 20.3 Å². The van der Waals surface area contributed by atoms with Gasteiger partial charge in [-0.2, -0.15) is 5.26 Å². The molecule has 8 nitrogen and oxygen atoms in total. The van der Waals surface area contributed by atoms with Crippen molar-refractivity contribution in [2.24, 2.45) is 11.8 Å². The van der Waals surface area contributed by atoms with Gasteiger partial charge >= 0.3 is 0 Å². The third-order valence-electron chi connectivity index (χ3n) is 6.16. The lowest BCUT2D eigenvalue weighted by Crippen LogP contribution is -2.64. The summed E-state index contributed by atoms with van der Waals surface area (Å²) in [6, 6.07) is 1.18. The van der Waals surface area contributed by atoms with E-state index < -0.39 is 35.9 Å². The average Bonchev–Trinajstić information content (AvgIpc) is 3.05. The number of nitrogens with one attached hydrogen (secondary N) is 1. The molecule has 0 bridgehead atoms. The fraction of sp³-hybridized carbons (Fsp3) is 0.900. The summed E-state index contributed by atoms with van der Waals surface area (Å²) >= 11 is 1.23. The van der Waals surface area contributed by atoms with Crippen LogP contribution >= 0.6 is 11.8 Å². The van der Waals surface area contributed by atoms with Crippen molar-refractivity contribution in [3.05, 3.63) is 0 Å². The van der Waals surface area contributed by atoms with E-state index >= 15 is 0 Å². The third-order valence-corrected chi connectivity index (χ3v) is 7.02. The van der Waals surface area contributed by atoms with Gasteiger partial charge in [-0.15, -0.1) is 11.8 Å². The average molecular weight is 430 g/mol. The summed E-state index contributed by atoms with van der Waals surface area (Å²) in [7, 11) is 1.93. The Hall–Kier alpha value is -0.890. The number of likely N-dealkylation sites (N-methyl/N-ethyl adjacent to an activating group) is 1. The lowest BCUT2D eigenvalue weighted by atomic mass is 9.86. The minimum absolute atomic E-state index is 0.155. The van der Waals surface area contributed by atoms with E-state index in [1.807, 2.05) is 18.9 Å². The lowest BCUT2D eigenvalue weighted by Gasteiger charge is -2.44. The van der Waals surface area contributed by atoms with Gasteiger partial charge in [0.25, 0.3) is 0 Å². The number of amides is 1. The van der Waals surface area contributed by atoms with E-state index in [-0.39, 0.29) is 24.3 Å². The topological polar surface area (TPSA) is 126 Å². The van der Waals surface area contributed by atoms with Gasteiger partial charge in [-0.3, -0.25) is 9.69 Å². The molecule has 0 spiro atoms. The highest BCUT2D eigenvalue weighted by molar-refractivity contribution is 7.99. The Balaban J connectivity index is 2.18. The molecule has 9 heteroatoms. The summed E-state index contributed by atoms with van der Waals surface area (Å²) in [6.07, 6.45) is -0.0669. The number of nitriles is 1. The smallest absolute Gasteiger partial charge is 0.237 e. The van der Waals surface area contributed by atoms with Crippen LogP contribution < -0.4 is 5.32 Å². The number of rotatable bonds is 8. The number of hydrogen-bond donors (Lipinski definition) is 4. The SMILES string of the molecule is CCCC1CC(C(=O)NC(C(C)CC#N)C2OC(SC)C(O)C(O)C2O)N(C)C1. The zero-order chi connectivity index (χ0) is 21.7. The second-order valence-electron chi connectivity index (χ2n) is 8.40. The Labute approximate surface area is 177 Å². The highest BCUT2D eigenvalue weighted by Crippen LogP contribution is 2.32. The zero-order valence-corrected chi connectivity index (χ0v) is 18.5. The van der Waals surface area contributed by atoms with Crippen LogP contribution in [0.3, 0.4) is 0 Å². The predicted octanol–water partition coefficient (Wildman–Crippen LogP) is 0.312. The van der Waals surface area contributed by atoms with Crippen LogP contribution in [-0.2, 0) is 9.53 Å². The number of likely N-dealkylation sites (tertiary alicyclic amines) is 1. The van der Waals surface area contributed by atoms with Crippen LogP contribution in [0, 0.1) is 23.2 Å². The number of aliphatic hydroxyl groups is 3. The number of hydrogen-bond acceptors (Lipinski definition) is 8. The molecular formula is C20H35N3O5S. The monoisotopic (exact) mass is 429 g/mol. The largest absolute Gasteiger partial charge is 0.388 e. The second kappa shape index (κ2) is 10.9. The second-order valence-corrected chi connectivity index (χ2v) is 9.33. The van der Waals surface area contributed by atoms with Crippen LogP contribution in [0.25, 0.3) is 0 Å². The maximum Gasteiger partial charge on any atom is 0.237 e. The Morgan fingerprint density at radius 1 is 1.34 bits per heavy atom. The number of carbonyl (C=O) groups is 1. The summed E-state index contributed by atoms with van der Waals surface area (Å²) in [5, 5.41) is 43.1. The van der Waals surface area contributed by atoms with Gasteiger partial charge < -0.3 is 25.4 Å². The predicted molar refractivity (Wildman–Crippen MR) is 111 cm³/mol. The van der Waals surface area contributed by atoms with Gasteiger partial charge in [-0.05, 0) is 38.0 Å². The zero-order valence-electron chi connectivity index (χ0n) is 17.7. The van der Waals surface area contributed by atoms with Crippen LogP contribution in [0.5, 0.6) is 0 Å². The molecule has 29 heavy (non-hydrogen) atoms. The number of thioether (sulfide) groups is 1. The molecule has 2 saturated heterocycles. The van der Waals surface area contributed by atoms with E-state index in [1.54, 1.807) is 6.26 Å². The van der Waals surface area contributed by atoms with Crippen molar-refractivity contribution in [3.8, 4) is 6.07 Å². The molecule has 9 atom stereocenters. The summed E-state index contributed by atoms with van der Waals surface area (Å²) in [5.74, 6) is 0.0230. The molecule has 0 aromatic rings. The van der Waals surface area contributed by atoms with E-state index in [1.165, 1.54) is 11.8 Å². The Kier molecular flexibility index (Phi) is 9.19. The summed E-state index contributed by atoms with van der Waals surface area (Å²) in [5.41, 5.74) is -0.727. The maximum absolute atomic E-state index is 13.1. The van der Waals surface area contributed by atoms with Crippen LogP contribution in [-0.4, -0.2) is 87.9 Å². The van der Waals surface area contributed by atoms with E-state index in [4.69, 9.17) is 10.00 Å². The number of carbonyl (C=O) groups excluding carboxylic acids is 1. The Bertz CT molecular complexity index is 587. The Morgan fingerprint density at radius 3 is 2.62 bits per heavy atom. The molecule has 0 aromatic carbocycles. The quantitative estimate of drug-likeness (QED) is 0.434. The minimum atomic E-state index is -1.39. The molecule has 2 heterocycles. The van der Waals surface area contributed by atoms with Crippen molar-refractivity contribution in [3.63, 3.8) is 0 Å². The molecule has 0 aromatic heterocycles. The van der Waals surface area contributed by atoms with Gasteiger partial charge in [0, 0.05) is 13.0 Å². The first-order valence-electron chi connectivity index (χ1n) is 10.3. The molecule has 1 amide bonds. The van der Waals surface area contributed by atoms with Crippen LogP contribution in [0.15, 0.2) is 0 Å². The van der Waals surface area contributed by atoms with Crippen molar-refractivity contribution in [2.45, 2.75) is 81.5 Å². The number of aliphatic hydroxyl groups excluding tert-OH is 3.